The summed E-state index contributed by atoms with van der Waals surface area (Å²) >= 11 is 0. The first kappa shape index (κ1) is 15.9. The van der Waals surface area contributed by atoms with Gasteiger partial charge in [-0.2, -0.15) is 15.0 Å². The molecular formula is C18H22N4O3. The summed E-state index contributed by atoms with van der Waals surface area (Å²) in [5.41, 5.74) is 0.593. The normalized spacial score (nSPS) is 25.0. The average molecular weight is 342 g/mol. The van der Waals surface area contributed by atoms with Gasteiger partial charge in [-0.15, -0.1) is 0 Å². The molecule has 3 heterocycles. The molecule has 25 heavy (non-hydrogen) atoms. The SMILES string of the molecule is COc1ccc(C(=O)N2C3CCC2CC(n2nccn2)C3)c(OC)c1. The minimum absolute atomic E-state index is 0.0406. The van der Waals surface area contributed by atoms with Crippen molar-refractivity contribution in [1.29, 1.82) is 0 Å². The monoisotopic (exact) mass is 342 g/mol. The summed E-state index contributed by atoms with van der Waals surface area (Å²) in [4.78, 5) is 17.0. The van der Waals surface area contributed by atoms with Crippen molar-refractivity contribution < 1.29 is 14.3 Å². The molecule has 2 aliphatic rings. The van der Waals surface area contributed by atoms with E-state index in [9.17, 15) is 4.79 Å². The maximum Gasteiger partial charge on any atom is 0.258 e. The standard InChI is InChI=1S/C18H22N4O3/c1-24-15-5-6-16(17(11-15)25-2)18(23)21-12-3-4-13(21)10-14(9-12)22-19-7-8-20-22/h5-8,11-14H,3-4,9-10H2,1-2H3. The number of ether oxygens (including phenoxy) is 2. The third kappa shape index (κ3) is 2.73. The van der Waals surface area contributed by atoms with Crippen molar-refractivity contribution >= 4 is 5.91 Å². The van der Waals surface area contributed by atoms with Crippen molar-refractivity contribution in [2.45, 2.75) is 43.8 Å². The predicted molar refractivity (Wildman–Crippen MR) is 90.8 cm³/mol. The summed E-state index contributed by atoms with van der Waals surface area (Å²) in [6.45, 7) is 0. The number of hydrogen-bond acceptors (Lipinski definition) is 5. The molecule has 0 radical (unpaired) electrons. The first-order valence-corrected chi connectivity index (χ1v) is 8.61. The van der Waals surface area contributed by atoms with E-state index in [1.807, 2.05) is 4.90 Å². The molecule has 1 aromatic heterocycles. The number of piperidine rings is 1. The number of aromatic nitrogens is 3. The molecule has 2 fully saturated rings. The van der Waals surface area contributed by atoms with Crippen LogP contribution in [0.3, 0.4) is 0 Å². The van der Waals surface area contributed by atoms with Crippen LogP contribution in [-0.2, 0) is 0 Å². The molecule has 7 heteroatoms. The molecule has 2 aliphatic heterocycles. The van der Waals surface area contributed by atoms with Crippen molar-refractivity contribution in [3.05, 3.63) is 36.2 Å². The number of carbonyl (C=O) groups excluding carboxylic acids is 1. The van der Waals surface area contributed by atoms with Crippen LogP contribution in [0.1, 0.15) is 42.1 Å². The Bertz CT molecular complexity index is 748. The Morgan fingerprint density at radius 2 is 1.72 bits per heavy atom. The molecule has 0 aliphatic carbocycles. The summed E-state index contributed by atoms with van der Waals surface area (Å²) in [6.07, 6.45) is 7.29. The summed E-state index contributed by atoms with van der Waals surface area (Å²) < 4.78 is 10.6. The Hall–Kier alpha value is -2.57. The Morgan fingerprint density at radius 3 is 2.32 bits per heavy atom. The van der Waals surface area contributed by atoms with Crippen molar-refractivity contribution in [1.82, 2.24) is 19.9 Å². The number of nitrogens with zero attached hydrogens (tertiary/aromatic N) is 4. The van der Waals surface area contributed by atoms with E-state index >= 15 is 0 Å². The van der Waals surface area contributed by atoms with Gasteiger partial charge in [0.1, 0.15) is 11.5 Å². The van der Waals surface area contributed by atoms with Gasteiger partial charge in [-0.05, 0) is 37.8 Å². The molecule has 7 nitrogen and oxygen atoms in total. The zero-order chi connectivity index (χ0) is 17.4. The molecule has 0 saturated carbocycles. The van der Waals surface area contributed by atoms with E-state index in [0.29, 0.717) is 17.1 Å². The quantitative estimate of drug-likeness (QED) is 0.853. The van der Waals surface area contributed by atoms with Crippen LogP contribution in [0.4, 0.5) is 0 Å². The van der Waals surface area contributed by atoms with Gasteiger partial charge in [-0.25, -0.2) is 0 Å². The second-order valence-corrected chi connectivity index (χ2v) is 6.64. The first-order valence-electron chi connectivity index (χ1n) is 8.61. The molecule has 2 unspecified atom stereocenters. The van der Waals surface area contributed by atoms with Crippen molar-refractivity contribution in [2.24, 2.45) is 0 Å². The summed E-state index contributed by atoms with van der Waals surface area (Å²) in [5.74, 6) is 1.28. The third-order valence-corrected chi connectivity index (χ3v) is 5.35. The lowest BCUT2D eigenvalue weighted by Crippen LogP contribution is -2.47. The maximum atomic E-state index is 13.2. The van der Waals surface area contributed by atoms with Crippen molar-refractivity contribution in [3.63, 3.8) is 0 Å². The Labute approximate surface area is 146 Å². The number of rotatable bonds is 4. The number of fused-ring (bicyclic) bond motifs is 2. The van der Waals surface area contributed by atoms with Gasteiger partial charge in [0.2, 0.25) is 0 Å². The van der Waals surface area contributed by atoms with Gasteiger partial charge in [0.25, 0.3) is 5.91 Å². The Morgan fingerprint density at radius 1 is 1.04 bits per heavy atom. The van der Waals surface area contributed by atoms with Gasteiger partial charge < -0.3 is 14.4 Å². The lowest BCUT2D eigenvalue weighted by atomic mass is 9.96. The Kier molecular flexibility index (Phi) is 4.07. The molecule has 1 aromatic carbocycles. The predicted octanol–water partition coefficient (Wildman–Crippen LogP) is 2.30. The summed E-state index contributed by atoms with van der Waals surface area (Å²) in [7, 11) is 3.18. The van der Waals surface area contributed by atoms with Gasteiger partial charge in [-0.1, -0.05) is 0 Å². The van der Waals surface area contributed by atoms with Crippen molar-refractivity contribution in [3.8, 4) is 11.5 Å². The van der Waals surface area contributed by atoms with Crippen LogP contribution in [-0.4, -0.2) is 52.1 Å². The average Bonchev–Trinajstić information content (AvgIpc) is 3.27. The van der Waals surface area contributed by atoms with Gasteiger partial charge in [0, 0.05) is 18.2 Å². The Balaban J connectivity index is 1.58. The molecule has 0 spiro atoms. The molecule has 2 aromatic rings. The largest absolute Gasteiger partial charge is 0.497 e. The molecule has 1 amide bonds. The van der Waals surface area contributed by atoms with Crippen LogP contribution >= 0.6 is 0 Å². The van der Waals surface area contributed by atoms with Crippen LogP contribution < -0.4 is 9.47 Å². The second-order valence-electron chi connectivity index (χ2n) is 6.64. The highest BCUT2D eigenvalue weighted by Crippen LogP contribution is 2.42. The zero-order valence-electron chi connectivity index (χ0n) is 14.5. The summed E-state index contributed by atoms with van der Waals surface area (Å²) in [5, 5.41) is 8.56. The van der Waals surface area contributed by atoms with Crippen LogP contribution in [0.15, 0.2) is 30.6 Å². The minimum atomic E-state index is 0.0406. The van der Waals surface area contributed by atoms with Gasteiger partial charge in [0.05, 0.1) is 38.2 Å². The van der Waals surface area contributed by atoms with Crippen molar-refractivity contribution in [2.75, 3.05) is 14.2 Å². The number of benzene rings is 1. The third-order valence-electron chi connectivity index (χ3n) is 5.35. The number of hydrogen-bond donors (Lipinski definition) is 0. The van der Waals surface area contributed by atoms with Crippen LogP contribution in [0.25, 0.3) is 0 Å². The molecule has 4 rings (SSSR count). The number of carbonyl (C=O) groups is 1. The van der Waals surface area contributed by atoms with E-state index in [1.54, 1.807) is 49.6 Å². The maximum absolute atomic E-state index is 13.2. The summed E-state index contributed by atoms with van der Waals surface area (Å²) in [6, 6.07) is 6.09. The van der Waals surface area contributed by atoms with Gasteiger partial charge >= 0.3 is 0 Å². The van der Waals surface area contributed by atoms with E-state index in [1.165, 1.54) is 0 Å². The van der Waals surface area contributed by atoms with E-state index in [0.717, 1.165) is 25.7 Å². The topological polar surface area (TPSA) is 69.5 Å². The fourth-order valence-electron chi connectivity index (χ4n) is 4.20. The number of methoxy groups -OCH3 is 2. The van der Waals surface area contributed by atoms with Gasteiger partial charge in [-0.3, -0.25) is 4.79 Å². The molecule has 2 bridgehead atoms. The van der Waals surface area contributed by atoms with E-state index < -0.39 is 0 Å². The molecular weight excluding hydrogens is 320 g/mol. The van der Waals surface area contributed by atoms with E-state index in [-0.39, 0.29) is 24.0 Å². The molecule has 2 atom stereocenters. The van der Waals surface area contributed by atoms with E-state index in [2.05, 4.69) is 10.2 Å². The van der Waals surface area contributed by atoms with E-state index in [4.69, 9.17) is 9.47 Å². The fourth-order valence-corrected chi connectivity index (χ4v) is 4.20. The smallest absolute Gasteiger partial charge is 0.258 e. The lowest BCUT2D eigenvalue weighted by Gasteiger charge is -2.38. The molecule has 132 valence electrons. The minimum Gasteiger partial charge on any atom is -0.497 e. The van der Waals surface area contributed by atoms with Crippen LogP contribution in [0.5, 0.6) is 11.5 Å². The highest BCUT2D eigenvalue weighted by Gasteiger charge is 2.44. The fraction of sp³-hybridized carbons (Fsp3) is 0.500. The van der Waals surface area contributed by atoms with Crippen LogP contribution in [0.2, 0.25) is 0 Å². The molecule has 2 saturated heterocycles. The van der Waals surface area contributed by atoms with Gasteiger partial charge in [0.15, 0.2) is 0 Å². The second kappa shape index (κ2) is 6.38. The lowest BCUT2D eigenvalue weighted by molar-refractivity contribution is 0.0509. The van der Waals surface area contributed by atoms with Crippen LogP contribution in [0, 0.1) is 0 Å². The first-order chi connectivity index (χ1) is 12.2. The zero-order valence-corrected chi connectivity index (χ0v) is 14.5. The highest BCUT2D eigenvalue weighted by molar-refractivity contribution is 5.97. The highest BCUT2D eigenvalue weighted by atomic mass is 16.5. The molecule has 0 N–H and O–H groups in total. The number of amides is 1.